The third kappa shape index (κ3) is 25.0. The topological polar surface area (TPSA) is 105 Å². The first-order valence-corrected chi connectivity index (χ1v) is 27.9. The van der Waals surface area contributed by atoms with Crippen molar-refractivity contribution in [2.75, 3.05) is 90.7 Å². The Kier molecular flexibility index (Phi) is 34.5. The van der Waals surface area contributed by atoms with Gasteiger partial charge in [0.15, 0.2) is 5.82 Å². The number of rotatable bonds is 21. The molecule has 0 N–H and O–H groups in total. The molecule has 3 aromatic heterocycles. The number of halogens is 4. The highest BCUT2D eigenvalue weighted by atomic mass is 79.9. The van der Waals surface area contributed by atoms with Crippen LogP contribution in [0.3, 0.4) is 0 Å². The molecule has 12 nitrogen and oxygen atoms in total. The molecule has 3 aromatic carbocycles. The van der Waals surface area contributed by atoms with Gasteiger partial charge < -0.3 is 48.7 Å². The predicted octanol–water partition coefficient (Wildman–Crippen LogP) is 8.67. The van der Waals surface area contributed by atoms with Gasteiger partial charge >= 0.3 is 11.6 Å². The van der Waals surface area contributed by atoms with E-state index in [2.05, 4.69) is 98.9 Å². The van der Waals surface area contributed by atoms with Crippen molar-refractivity contribution in [2.45, 2.75) is 20.5 Å². The lowest BCUT2D eigenvalue weighted by atomic mass is 10.3. The van der Waals surface area contributed by atoms with Gasteiger partial charge in [-0.1, -0.05) is 101 Å². The molecular weight excluding hydrogens is 1190 g/mol. The summed E-state index contributed by atoms with van der Waals surface area (Å²) in [5.74, 6) is 6.65. The number of benzene rings is 3. The lowest BCUT2D eigenvalue weighted by molar-refractivity contribution is -0.680. The molecule has 0 saturated carbocycles. The lowest BCUT2D eigenvalue weighted by Crippen LogP contribution is -3.00. The number of hydrogen-bond donors (Lipinski definition) is 0. The van der Waals surface area contributed by atoms with Crippen LogP contribution in [0.15, 0.2) is 177 Å². The van der Waals surface area contributed by atoms with Crippen LogP contribution in [0.5, 0.6) is 0 Å². The molecule has 0 aliphatic heterocycles. The number of anilines is 3. The average molecular weight is 1250 g/mol. The molecule has 6 aromatic rings. The van der Waals surface area contributed by atoms with Crippen LogP contribution in [0.25, 0.3) is 0 Å². The normalized spacial score (nSPS) is 10.5. The van der Waals surface area contributed by atoms with Crippen LogP contribution in [0.2, 0.25) is 0 Å². The second-order valence-electron chi connectivity index (χ2n) is 14.2. The maximum absolute atomic E-state index is 4.50. The number of pyridine rings is 3. The SMILES string of the molecule is BrCCSSCCBr.C.CN(C)c1ccc(N=Nc2cccc[n+]2CCSSCC[n+]2ccccc2N=Nc2ccc(N(C)C)cc2)cc1.CN(C)c1ccc(N=Nc2ccccn2)cc1.[Br-].[Br-]. The zero-order chi connectivity index (χ0) is 46.5. The van der Waals surface area contributed by atoms with Crippen LogP contribution in [0, 0.1) is 0 Å². The van der Waals surface area contributed by atoms with Crippen molar-refractivity contribution >= 4 is 127 Å². The van der Waals surface area contributed by atoms with E-state index in [9.17, 15) is 0 Å². The number of azo groups is 3. The first-order valence-electron chi connectivity index (χ1n) is 20.7. The molecule has 68 heavy (non-hydrogen) atoms. The van der Waals surface area contributed by atoms with E-state index in [-0.39, 0.29) is 41.4 Å². The molecule has 0 fully saturated rings. The average Bonchev–Trinajstić information content (AvgIpc) is 3.33. The molecule has 0 amide bonds. The van der Waals surface area contributed by atoms with Gasteiger partial charge in [-0.05, 0) is 107 Å². The second-order valence-corrected chi connectivity index (χ2v) is 21.2. The van der Waals surface area contributed by atoms with E-state index in [0.717, 1.165) is 81.0 Å². The molecular formula is C48H62Br4N12S4. The molecule has 0 saturated heterocycles. The minimum atomic E-state index is 0. The third-order valence-electron chi connectivity index (χ3n) is 8.70. The second kappa shape index (κ2) is 37.5. The number of aromatic nitrogens is 3. The van der Waals surface area contributed by atoms with E-state index in [1.54, 1.807) is 6.20 Å². The Bertz CT molecular complexity index is 2200. The Balaban J connectivity index is 0.000000682. The lowest BCUT2D eigenvalue weighted by Gasteiger charge is -2.11. The summed E-state index contributed by atoms with van der Waals surface area (Å²) in [6.45, 7) is 1.72. The summed E-state index contributed by atoms with van der Waals surface area (Å²) in [6.07, 6.45) is 5.81. The summed E-state index contributed by atoms with van der Waals surface area (Å²) in [5.41, 5.74) is 5.92. The van der Waals surface area contributed by atoms with Crippen LogP contribution in [0.1, 0.15) is 7.43 Å². The fourth-order valence-corrected chi connectivity index (χ4v) is 11.0. The van der Waals surface area contributed by atoms with Crippen molar-refractivity contribution in [1.29, 1.82) is 0 Å². The summed E-state index contributed by atoms with van der Waals surface area (Å²) in [7, 11) is 19.7. The van der Waals surface area contributed by atoms with Crippen molar-refractivity contribution < 1.29 is 43.1 Å². The van der Waals surface area contributed by atoms with E-state index in [1.165, 1.54) is 11.5 Å². The number of hydrogen-bond acceptors (Lipinski definition) is 14. The van der Waals surface area contributed by atoms with Gasteiger partial charge in [-0.25, -0.2) is 14.1 Å². The van der Waals surface area contributed by atoms with Crippen molar-refractivity contribution in [1.82, 2.24) is 4.98 Å². The van der Waals surface area contributed by atoms with Crippen LogP contribution >= 0.6 is 75.0 Å². The molecule has 366 valence electrons. The Morgan fingerprint density at radius 2 is 0.794 bits per heavy atom. The van der Waals surface area contributed by atoms with E-state index < -0.39 is 0 Å². The van der Waals surface area contributed by atoms with Crippen molar-refractivity contribution in [3.63, 3.8) is 0 Å². The molecule has 6 rings (SSSR count). The molecule has 0 atom stereocenters. The molecule has 0 bridgehead atoms. The zero-order valence-electron chi connectivity index (χ0n) is 38.5. The smallest absolute Gasteiger partial charge is 0.350 e. The third-order valence-corrected chi connectivity index (χ3v) is 15.3. The summed E-state index contributed by atoms with van der Waals surface area (Å²) in [6, 6.07) is 41.6. The monoisotopic (exact) mass is 1250 g/mol. The highest BCUT2D eigenvalue weighted by Gasteiger charge is 2.11. The molecule has 0 unspecified atom stereocenters. The van der Waals surface area contributed by atoms with Crippen LogP contribution in [-0.2, 0) is 13.1 Å². The molecule has 0 spiro atoms. The van der Waals surface area contributed by atoms with Gasteiger partial charge in [-0.2, -0.15) is 0 Å². The molecule has 20 heteroatoms. The van der Waals surface area contributed by atoms with Gasteiger partial charge in [0.2, 0.25) is 0 Å². The summed E-state index contributed by atoms with van der Waals surface area (Å²) in [4.78, 5) is 10.2. The Morgan fingerprint density at radius 1 is 0.441 bits per heavy atom. The Morgan fingerprint density at radius 3 is 1.13 bits per heavy atom. The largest absolute Gasteiger partial charge is 1.00 e. The number of nitrogens with zero attached hydrogens (tertiary/aromatic N) is 12. The van der Waals surface area contributed by atoms with E-state index in [0.29, 0.717) is 5.82 Å². The maximum atomic E-state index is 4.50. The van der Waals surface area contributed by atoms with Gasteiger partial charge in [-0.15, -0.1) is 10.2 Å². The van der Waals surface area contributed by atoms with Crippen molar-refractivity contribution in [3.05, 3.63) is 146 Å². The van der Waals surface area contributed by atoms with Crippen LogP contribution in [-0.4, -0.2) is 80.9 Å². The van der Waals surface area contributed by atoms with Crippen molar-refractivity contribution in [2.24, 2.45) is 30.7 Å². The fourth-order valence-electron chi connectivity index (χ4n) is 5.26. The van der Waals surface area contributed by atoms with Gasteiger partial charge in [0, 0.05) is 111 Å². The van der Waals surface area contributed by atoms with Gasteiger partial charge in [-0.3, -0.25) is 0 Å². The Labute approximate surface area is 458 Å². The molecule has 0 radical (unpaired) electrons. The van der Waals surface area contributed by atoms with Crippen LogP contribution in [0.4, 0.5) is 51.6 Å². The van der Waals surface area contributed by atoms with Crippen LogP contribution < -0.4 is 57.8 Å². The maximum Gasteiger partial charge on any atom is 0.350 e. The van der Waals surface area contributed by atoms with E-state index in [4.69, 9.17) is 0 Å². The number of alkyl halides is 2. The molecule has 0 aliphatic carbocycles. The standard InChI is InChI=1S/C30H36N8S2.C13H14N4.C4H8Br2S2.CH4.2BrH/c1-35(2)27-15-11-25(12-16-27)31-33-29-9-5-7-19-37(29)21-23-39-40-24-22-38-20-8-6-10-30(38)34-32-26-13-17-28(18-14-26)36(3)4;1-17(2)12-8-6-11(7-9-12)15-16-13-5-3-4-10-14-13;5-1-3-7-8-4-2-6;;;/h5-20H,21-24H2,1-4H3;3-10H,1-2H3;1-4H2;1H4;2*1H/q+2;;;;;/p-2. The minimum absolute atomic E-state index is 0. The van der Waals surface area contributed by atoms with Crippen molar-refractivity contribution in [3.8, 4) is 0 Å². The molecule has 3 heterocycles. The van der Waals surface area contributed by atoms with E-state index >= 15 is 0 Å². The minimum Gasteiger partial charge on any atom is -1.00 e. The van der Waals surface area contributed by atoms with Gasteiger partial charge in [0.05, 0.1) is 28.3 Å². The molecule has 0 aliphatic rings. The Hall–Kier alpha value is -3.37. The summed E-state index contributed by atoms with van der Waals surface area (Å²) < 4.78 is 4.28. The summed E-state index contributed by atoms with van der Waals surface area (Å²) >= 11 is 6.71. The number of aryl methyl sites for hydroxylation is 2. The highest BCUT2D eigenvalue weighted by molar-refractivity contribution is 9.09. The van der Waals surface area contributed by atoms with Gasteiger partial charge in [0.1, 0.15) is 24.5 Å². The summed E-state index contributed by atoms with van der Waals surface area (Å²) in [5, 5.41) is 28.2. The van der Waals surface area contributed by atoms with E-state index in [1.807, 2.05) is 218 Å². The first-order chi connectivity index (χ1) is 31.7. The highest BCUT2D eigenvalue weighted by Crippen LogP contribution is 2.25. The zero-order valence-corrected chi connectivity index (χ0v) is 48.1. The first kappa shape index (κ1) is 62.6. The fraction of sp³-hybridized carbons (Fsp3) is 0.312. The predicted molar refractivity (Wildman–Crippen MR) is 296 cm³/mol. The van der Waals surface area contributed by atoms with Gasteiger partial charge in [0.25, 0.3) is 0 Å². The quantitative estimate of drug-likeness (QED) is 0.0232.